The second-order valence-corrected chi connectivity index (χ2v) is 6.18. The summed E-state index contributed by atoms with van der Waals surface area (Å²) in [6.45, 7) is 0.972. The molecule has 118 valence electrons. The summed E-state index contributed by atoms with van der Waals surface area (Å²) in [7, 11) is 0. The number of benzene rings is 2. The third-order valence-corrected chi connectivity index (χ3v) is 4.37. The Kier molecular flexibility index (Phi) is 5.36. The summed E-state index contributed by atoms with van der Waals surface area (Å²) >= 11 is 0. The first-order valence-electron chi connectivity index (χ1n) is 8.54. The van der Waals surface area contributed by atoms with Crippen LogP contribution in [-0.4, -0.2) is 18.0 Å². The molecule has 0 unspecified atom stereocenters. The van der Waals surface area contributed by atoms with E-state index in [9.17, 15) is 4.79 Å². The average Bonchev–Trinajstić information content (AvgIpc) is 2.58. The first-order chi connectivity index (χ1) is 11.3. The number of hydrogen-bond acceptors (Lipinski definition) is 2. The minimum Gasteiger partial charge on any atom is -0.294 e. The predicted molar refractivity (Wildman–Crippen MR) is 95.4 cm³/mol. The number of carbonyl (C=O) groups is 1. The van der Waals surface area contributed by atoms with E-state index in [2.05, 4.69) is 12.1 Å². The average molecular weight is 305 g/mol. The fourth-order valence-electron chi connectivity index (χ4n) is 3.02. The lowest BCUT2D eigenvalue weighted by atomic mass is 9.98. The Balaban J connectivity index is 1.68. The van der Waals surface area contributed by atoms with E-state index in [1.54, 1.807) is 0 Å². The highest BCUT2D eigenvalue weighted by atomic mass is 16.1. The minimum absolute atomic E-state index is 0.0837. The third-order valence-electron chi connectivity index (χ3n) is 4.37. The van der Waals surface area contributed by atoms with E-state index < -0.39 is 0 Å². The van der Waals surface area contributed by atoms with Gasteiger partial charge >= 0.3 is 0 Å². The van der Waals surface area contributed by atoms with Crippen molar-refractivity contribution in [2.75, 3.05) is 6.54 Å². The molecule has 0 N–H and O–H groups in total. The number of ketones is 1. The van der Waals surface area contributed by atoms with Gasteiger partial charge in [-0.05, 0) is 24.8 Å². The van der Waals surface area contributed by atoms with Crippen molar-refractivity contribution in [1.82, 2.24) is 0 Å². The van der Waals surface area contributed by atoms with Crippen LogP contribution in [0.1, 0.15) is 53.6 Å². The fourth-order valence-corrected chi connectivity index (χ4v) is 3.02. The van der Waals surface area contributed by atoms with Crippen LogP contribution in [0.2, 0.25) is 0 Å². The van der Waals surface area contributed by atoms with E-state index in [4.69, 9.17) is 4.99 Å². The summed E-state index contributed by atoms with van der Waals surface area (Å²) in [6.07, 6.45) is 7.14. The molecule has 1 heterocycles. The highest BCUT2D eigenvalue weighted by Gasteiger charge is 2.09. The lowest BCUT2D eigenvalue weighted by Gasteiger charge is -2.11. The van der Waals surface area contributed by atoms with E-state index in [0.717, 1.165) is 30.5 Å². The van der Waals surface area contributed by atoms with Crippen LogP contribution in [0.5, 0.6) is 0 Å². The molecule has 0 radical (unpaired) electrons. The molecule has 0 amide bonds. The van der Waals surface area contributed by atoms with Crippen molar-refractivity contribution >= 4 is 11.5 Å². The zero-order valence-electron chi connectivity index (χ0n) is 13.5. The van der Waals surface area contributed by atoms with Crippen LogP contribution in [0, 0.1) is 0 Å². The van der Waals surface area contributed by atoms with E-state index in [1.165, 1.54) is 37.0 Å². The SMILES string of the molecule is O=C(c1ccccc1)c1ccc(CC2=NCCCCCC2)cc1. The van der Waals surface area contributed by atoms with Gasteiger partial charge in [0, 0.05) is 29.8 Å². The van der Waals surface area contributed by atoms with Gasteiger partial charge in [-0.3, -0.25) is 9.79 Å². The van der Waals surface area contributed by atoms with Crippen LogP contribution in [0.15, 0.2) is 59.6 Å². The number of nitrogens with zero attached hydrogens (tertiary/aromatic N) is 1. The largest absolute Gasteiger partial charge is 0.294 e. The maximum atomic E-state index is 12.4. The summed E-state index contributed by atoms with van der Waals surface area (Å²) in [5, 5.41) is 0. The molecule has 0 atom stereocenters. The van der Waals surface area contributed by atoms with Crippen LogP contribution >= 0.6 is 0 Å². The van der Waals surface area contributed by atoms with Crippen LogP contribution in [0.4, 0.5) is 0 Å². The van der Waals surface area contributed by atoms with Crippen molar-refractivity contribution in [3.8, 4) is 0 Å². The van der Waals surface area contributed by atoms with Gasteiger partial charge in [-0.2, -0.15) is 0 Å². The molecule has 2 aromatic rings. The van der Waals surface area contributed by atoms with Gasteiger partial charge in [-0.1, -0.05) is 67.4 Å². The molecular weight excluding hydrogens is 282 g/mol. The lowest BCUT2D eigenvalue weighted by Crippen LogP contribution is -2.07. The van der Waals surface area contributed by atoms with Gasteiger partial charge in [0.05, 0.1) is 0 Å². The molecule has 0 spiro atoms. The Morgan fingerprint density at radius 3 is 2.30 bits per heavy atom. The van der Waals surface area contributed by atoms with E-state index >= 15 is 0 Å². The third kappa shape index (κ3) is 4.38. The van der Waals surface area contributed by atoms with Crippen molar-refractivity contribution < 1.29 is 4.79 Å². The fraction of sp³-hybridized carbons (Fsp3) is 0.333. The summed E-state index contributed by atoms with van der Waals surface area (Å²) in [4.78, 5) is 17.1. The number of hydrogen-bond donors (Lipinski definition) is 0. The standard InChI is InChI=1S/C21H23NO/c23-21(18-8-4-3-5-9-18)19-13-11-17(12-14-19)16-20-10-6-1-2-7-15-22-20/h3-5,8-9,11-14H,1-2,6-7,10,15-16H2. The van der Waals surface area contributed by atoms with Gasteiger partial charge in [-0.25, -0.2) is 0 Å². The molecule has 3 rings (SSSR count). The Labute approximate surface area is 138 Å². The molecular formula is C21H23NO. The Morgan fingerprint density at radius 2 is 1.52 bits per heavy atom. The maximum absolute atomic E-state index is 12.4. The Hall–Kier alpha value is -2.22. The monoisotopic (exact) mass is 305 g/mol. The molecule has 2 heteroatoms. The number of aliphatic imine (C=N–C) groups is 1. The molecule has 2 aromatic carbocycles. The van der Waals surface area contributed by atoms with Crippen LogP contribution in [0.3, 0.4) is 0 Å². The molecule has 0 bridgehead atoms. The molecule has 23 heavy (non-hydrogen) atoms. The first kappa shape index (κ1) is 15.7. The lowest BCUT2D eigenvalue weighted by molar-refractivity contribution is 0.103. The Bertz CT molecular complexity index is 671. The summed E-state index contributed by atoms with van der Waals surface area (Å²) in [5.41, 5.74) is 4.05. The second kappa shape index (κ2) is 7.87. The molecule has 0 aromatic heterocycles. The number of carbonyl (C=O) groups excluding carboxylic acids is 1. The first-order valence-corrected chi connectivity index (χ1v) is 8.54. The molecule has 0 aliphatic carbocycles. The zero-order chi connectivity index (χ0) is 15.9. The van der Waals surface area contributed by atoms with Crippen molar-refractivity contribution in [2.45, 2.75) is 38.5 Å². The molecule has 2 nitrogen and oxygen atoms in total. The van der Waals surface area contributed by atoms with Crippen molar-refractivity contribution in [1.29, 1.82) is 0 Å². The summed E-state index contributed by atoms with van der Waals surface area (Å²) < 4.78 is 0. The molecule has 0 saturated carbocycles. The molecule has 0 fully saturated rings. The highest BCUT2D eigenvalue weighted by Crippen LogP contribution is 2.15. The molecule has 1 aliphatic rings. The quantitative estimate of drug-likeness (QED) is 0.741. The molecule has 1 aliphatic heterocycles. The van der Waals surface area contributed by atoms with Gasteiger partial charge in [0.2, 0.25) is 0 Å². The van der Waals surface area contributed by atoms with Gasteiger partial charge < -0.3 is 0 Å². The van der Waals surface area contributed by atoms with Crippen LogP contribution in [0.25, 0.3) is 0 Å². The Morgan fingerprint density at radius 1 is 0.826 bits per heavy atom. The minimum atomic E-state index is 0.0837. The van der Waals surface area contributed by atoms with E-state index in [0.29, 0.717) is 0 Å². The number of rotatable bonds is 4. The van der Waals surface area contributed by atoms with Gasteiger partial charge in [0.15, 0.2) is 5.78 Å². The smallest absolute Gasteiger partial charge is 0.193 e. The van der Waals surface area contributed by atoms with E-state index in [-0.39, 0.29) is 5.78 Å². The van der Waals surface area contributed by atoms with Crippen molar-refractivity contribution in [3.63, 3.8) is 0 Å². The van der Waals surface area contributed by atoms with Crippen molar-refractivity contribution in [2.24, 2.45) is 4.99 Å². The zero-order valence-corrected chi connectivity index (χ0v) is 13.5. The van der Waals surface area contributed by atoms with Gasteiger partial charge in [-0.15, -0.1) is 0 Å². The van der Waals surface area contributed by atoms with Crippen LogP contribution in [-0.2, 0) is 6.42 Å². The maximum Gasteiger partial charge on any atom is 0.193 e. The predicted octanol–water partition coefficient (Wildman–Crippen LogP) is 4.87. The van der Waals surface area contributed by atoms with Crippen molar-refractivity contribution in [3.05, 3.63) is 71.3 Å². The van der Waals surface area contributed by atoms with Crippen LogP contribution < -0.4 is 0 Å². The normalized spacial score (nSPS) is 15.4. The molecule has 0 saturated heterocycles. The highest BCUT2D eigenvalue weighted by molar-refractivity contribution is 6.09. The summed E-state index contributed by atoms with van der Waals surface area (Å²) in [5.74, 6) is 0.0837. The second-order valence-electron chi connectivity index (χ2n) is 6.18. The van der Waals surface area contributed by atoms with Gasteiger partial charge in [0.1, 0.15) is 0 Å². The summed E-state index contributed by atoms with van der Waals surface area (Å²) in [6, 6.07) is 17.5. The topological polar surface area (TPSA) is 29.4 Å². The van der Waals surface area contributed by atoms with Gasteiger partial charge in [0.25, 0.3) is 0 Å². The van der Waals surface area contributed by atoms with E-state index in [1.807, 2.05) is 42.5 Å².